The van der Waals surface area contributed by atoms with Gasteiger partial charge in [-0.15, -0.1) is 0 Å². The van der Waals surface area contributed by atoms with Gasteiger partial charge < -0.3 is 10.2 Å². The van der Waals surface area contributed by atoms with Crippen LogP contribution in [0.5, 0.6) is 0 Å². The minimum Gasteiger partial charge on any atom is -0.450 e. The molecule has 0 amide bonds. The minimum absolute atomic E-state index is 0.385. The summed E-state index contributed by atoms with van der Waals surface area (Å²) in [4.78, 5) is 19.0. The summed E-state index contributed by atoms with van der Waals surface area (Å²) in [6.45, 7) is 2.91. The Morgan fingerprint density at radius 3 is 2.31 bits per heavy atom. The molecule has 1 aliphatic rings. The maximum absolute atomic E-state index is 8.56. The standard InChI is InChI=1S/C10H20O2.CH2O3/c1-2-3-9-11-12-10-7-5-4-6-8-10;2-1(3)4/h10H,2-9H2,1H3;(H2,2,3,4). The van der Waals surface area contributed by atoms with E-state index in [1.54, 1.807) is 0 Å². The highest BCUT2D eigenvalue weighted by Crippen LogP contribution is 2.20. The maximum Gasteiger partial charge on any atom is 0.503 e. The molecule has 0 radical (unpaired) electrons. The van der Waals surface area contributed by atoms with Gasteiger partial charge in [-0.3, -0.25) is 0 Å². The first-order valence-electron chi connectivity index (χ1n) is 5.87. The van der Waals surface area contributed by atoms with E-state index in [0.717, 1.165) is 13.0 Å². The van der Waals surface area contributed by atoms with Gasteiger partial charge in [-0.25, -0.2) is 14.6 Å². The molecule has 0 saturated heterocycles. The quantitative estimate of drug-likeness (QED) is 0.433. The third-order valence-corrected chi connectivity index (χ3v) is 2.34. The molecule has 16 heavy (non-hydrogen) atoms. The van der Waals surface area contributed by atoms with Crippen LogP contribution in [0.15, 0.2) is 0 Å². The number of carbonyl (C=O) groups is 1. The molecule has 1 fully saturated rings. The van der Waals surface area contributed by atoms with Gasteiger partial charge in [-0.05, 0) is 19.3 Å². The van der Waals surface area contributed by atoms with Crippen molar-refractivity contribution in [3.8, 4) is 0 Å². The molecule has 0 aromatic rings. The summed E-state index contributed by atoms with van der Waals surface area (Å²) < 4.78 is 0. The normalized spacial score (nSPS) is 16.3. The summed E-state index contributed by atoms with van der Waals surface area (Å²) in [5.74, 6) is 0. The first-order valence-corrected chi connectivity index (χ1v) is 5.87. The molecule has 5 heteroatoms. The summed E-state index contributed by atoms with van der Waals surface area (Å²) in [6.07, 6.45) is 7.19. The van der Waals surface area contributed by atoms with E-state index in [9.17, 15) is 0 Å². The molecule has 5 nitrogen and oxygen atoms in total. The van der Waals surface area contributed by atoms with Crippen LogP contribution in [0.3, 0.4) is 0 Å². The highest BCUT2D eigenvalue weighted by atomic mass is 17.2. The van der Waals surface area contributed by atoms with Gasteiger partial charge in [0.1, 0.15) is 0 Å². The van der Waals surface area contributed by atoms with Crippen LogP contribution in [0.25, 0.3) is 0 Å². The average molecular weight is 234 g/mol. The first kappa shape index (κ1) is 15.2. The van der Waals surface area contributed by atoms with Crippen LogP contribution in [0.4, 0.5) is 4.79 Å². The molecule has 0 atom stereocenters. The molecule has 0 bridgehead atoms. The Hall–Kier alpha value is -0.810. The van der Waals surface area contributed by atoms with Gasteiger partial charge >= 0.3 is 6.16 Å². The van der Waals surface area contributed by atoms with Crippen molar-refractivity contribution in [2.24, 2.45) is 0 Å². The van der Waals surface area contributed by atoms with Crippen molar-refractivity contribution < 1.29 is 24.8 Å². The van der Waals surface area contributed by atoms with Gasteiger partial charge in [0.2, 0.25) is 0 Å². The molecule has 0 aliphatic heterocycles. The van der Waals surface area contributed by atoms with Crippen LogP contribution in [-0.4, -0.2) is 29.1 Å². The van der Waals surface area contributed by atoms with Gasteiger partial charge in [-0.1, -0.05) is 32.6 Å². The fourth-order valence-electron chi connectivity index (χ4n) is 1.51. The zero-order valence-corrected chi connectivity index (χ0v) is 9.85. The van der Waals surface area contributed by atoms with Crippen LogP contribution < -0.4 is 0 Å². The van der Waals surface area contributed by atoms with Crippen molar-refractivity contribution >= 4 is 6.16 Å². The summed E-state index contributed by atoms with van der Waals surface area (Å²) in [6, 6.07) is 0. The molecule has 0 aromatic heterocycles. The lowest BCUT2D eigenvalue weighted by Crippen LogP contribution is -2.17. The summed E-state index contributed by atoms with van der Waals surface area (Å²) in [5.41, 5.74) is 0. The molecule has 0 unspecified atom stereocenters. The van der Waals surface area contributed by atoms with E-state index in [4.69, 9.17) is 24.8 Å². The molecule has 2 N–H and O–H groups in total. The van der Waals surface area contributed by atoms with Crippen LogP contribution in [0.2, 0.25) is 0 Å². The van der Waals surface area contributed by atoms with Gasteiger partial charge in [-0.2, -0.15) is 0 Å². The SMILES string of the molecule is CCCCOOC1CCCCC1.O=C(O)O. The molecule has 0 aromatic carbocycles. The Morgan fingerprint density at radius 1 is 1.25 bits per heavy atom. The topological polar surface area (TPSA) is 76.0 Å². The monoisotopic (exact) mass is 234 g/mol. The van der Waals surface area contributed by atoms with Gasteiger partial charge in [0.05, 0.1) is 12.7 Å². The van der Waals surface area contributed by atoms with E-state index in [-0.39, 0.29) is 0 Å². The number of unbranched alkanes of at least 4 members (excludes halogenated alkanes) is 1. The third-order valence-electron chi connectivity index (χ3n) is 2.34. The number of carboxylic acid groups (broad SMARTS) is 2. The van der Waals surface area contributed by atoms with E-state index in [1.807, 2.05) is 0 Å². The summed E-state index contributed by atoms with van der Waals surface area (Å²) in [5, 5.41) is 13.9. The number of hydrogen-bond donors (Lipinski definition) is 2. The molecule has 1 aliphatic carbocycles. The van der Waals surface area contributed by atoms with E-state index in [2.05, 4.69) is 6.92 Å². The Balaban J connectivity index is 0.000000487. The van der Waals surface area contributed by atoms with E-state index in [1.165, 1.54) is 38.5 Å². The van der Waals surface area contributed by atoms with E-state index < -0.39 is 6.16 Å². The zero-order valence-electron chi connectivity index (χ0n) is 9.85. The Morgan fingerprint density at radius 2 is 1.81 bits per heavy atom. The Bertz CT molecular complexity index is 162. The highest BCUT2D eigenvalue weighted by molar-refractivity contribution is 5.53. The number of rotatable bonds is 5. The van der Waals surface area contributed by atoms with Crippen molar-refractivity contribution in [3.05, 3.63) is 0 Å². The first-order chi connectivity index (χ1) is 7.66. The second-order valence-corrected chi connectivity index (χ2v) is 3.81. The predicted molar refractivity (Wildman–Crippen MR) is 59.5 cm³/mol. The molecular weight excluding hydrogens is 212 g/mol. The minimum atomic E-state index is -1.83. The lowest BCUT2D eigenvalue weighted by atomic mass is 9.98. The fraction of sp³-hybridized carbons (Fsp3) is 0.909. The molecule has 0 spiro atoms. The van der Waals surface area contributed by atoms with Crippen molar-refractivity contribution in [2.45, 2.75) is 58.0 Å². The van der Waals surface area contributed by atoms with Crippen molar-refractivity contribution in [3.63, 3.8) is 0 Å². The predicted octanol–water partition coefficient (Wildman–Crippen LogP) is 3.29. The lowest BCUT2D eigenvalue weighted by Gasteiger charge is -2.20. The summed E-state index contributed by atoms with van der Waals surface area (Å²) >= 11 is 0. The van der Waals surface area contributed by atoms with Gasteiger partial charge in [0.15, 0.2) is 0 Å². The van der Waals surface area contributed by atoms with Crippen molar-refractivity contribution in [1.82, 2.24) is 0 Å². The molecular formula is C11H22O5. The lowest BCUT2D eigenvalue weighted by molar-refractivity contribution is -0.328. The fourth-order valence-corrected chi connectivity index (χ4v) is 1.51. The zero-order chi connectivity index (χ0) is 12.2. The van der Waals surface area contributed by atoms with Crippen LogP contribution in [0.1, 0.15) is 51.9 Å². The third kappa shape index (κ3) is 11.3. The molecule has 96 valence electrons. The largest absolute Gasteiger partial charge is 0.503 e. The average Bonchev–Trinajstić information content (AvgIpc) is 2.25. The second-order valence-electron chi connectivity index (χ2n) is 3.81. The Labute approximate surface area is 96.3 Å². The van der Waals surface area contributed by atoms with Gasteiger partial charge in [0, 0.05) is 0 Å². The molecule has 1 saturated carbocycles. The van der Waals surface area contributed by atoms with Crippen LogP contribution in [-0.2, 0) is 9.78 Å². The van der Waals surface area contributed by atoms with E-state index >= 15 is 0 Å². The second kappa shape index (κ2) is 10.7. The Kier molecular flexibility index (Phi) is 10.2. The molecule has 0 heterocycles. The van der Waals surface area contributed by atoms with E-state index in [0.29, 0.717) is 6.10 Å². The molecule has 1 rings (SSSR count). The van der Waals surface area contributed by atoms with Crippen molar-refractivity contribution in [2.75, 3.05) is 6.61 Å². The number of hydrogen-bond acceptors (Lipinski definition) is 3. The van der Waals surface area contributed by atoms with Crippen LogP contribution >= 0.6 is 0 Å². The van der Waals surface area contributed by atoms with Crippen molar-refractivity contribution in [1.29, 1.82) is 0 Å². The smallest absolute Gasteiger partial charge is 0.450 e. The maximum atomic E-state index is 8.56. The highest BCUT2D eigenvalue weighted by Gasteiger charge is 2.14. The summed E-state index contributed by atoms with van der Waals surface area (Å²) in [7, 11) is 0. The van der Waals surface area contributed by atoms with Crippen LogP contribution in [0, 0.1) is 0 Å². The van der Waals surface area contributed by atoms with Gasteiger partial charge in [0.25, 0.3) is 0 Å².